The Hall–Kier alpha value is -1.79. The zero-order chi connectivity index (χ0) is 18.8. The molecule has 0 unspecified atom stereocenters. The molecule has 0 amide bonds. The lowest BCUT2D eigenvalue weighted by molar-refractivity contribution is 0.0377. The summed E-state index contributed by atoms with van der Waals surface area (Å²) in [7, 11) is 0. The maximum atomic E-state index is 5.90. The molecule has 1 fully saturated rings. The predicted molar refractivity (Wildman–Crippen MR) is 107 cm³/mol. The second-order valence-corrected chi connectivity index (χ2v) is 7.63. The van der Waals surface area contributed by atoms with E-state index in [1.165, 1.54) is 5.56 Å². The molecule has 1 aliphatic rings. The molecule has 6 nitrogen and oxygen atoms in total. The molecule has 1 aromatic rings. The number of benzene rings is 1. The van der Waals surface area contributed by atoms with Gasteiger partial charge in [-0.1, -0.05) is 32.9 Å². The summed E-state index contributed by atoms with van der Waals surface area (Å²) in [5, 5.41) is 3.11. The van der Waals surface area contributed by atoms with Crippen LogP contribution in [0.3, 0.4) is 0 Å². The number of nitrogens with two attached hydrogens (primary N) is 1. The molecular formula is C20H34N4O2. The molecule has 3 N–H and O–H groups in total. The zero-order valence-electron chi connectivity index (χ0n) is 16.5. The summed E-state index contributed by atoms with van der Waals surface area (Å²) in [6.07, 6.45) is 1.01. The fourth-order valence-electron chi connectivity index (χ4n) is 2.77. The van der Waals surface area contributed by atoms with Crippen LogP contribution in [0.4, 0.5) is 0 Å². The Morgan fingerprint density at radius 3 is 2.81 bits per heavy atom. The molecule has 26 heavy (non-hydrogen) atoms. The van der Waals surface area contributed by atoms with Crippen LogP contribution in [0.1, 0.15) is 32.8 Å². The quantitative estimate of drug-likeness (QED) is 0.420. The number of nitrogens with zero attached hydrogens (tertiary/aromatic N) is 2. The van der Waals surface area contributed by atoms with E-state index < -0.39 is 0 Å². The molecule has 0 aromatic heterocycles. The van der Waals surface area contributed by atoms with Crippen molar-refractivity contribution >= 4 is 5.96 Å². The molecule has 0 spiro atoms. The smallest absolute Gasteiger partial charge is 0.188 e. The normalized spacial score (nSPS) is 16.5. The molecule has 1 aromatic carbocycles. The van der Waals surface area contributed by atoms with Crippen LogP contribution in [0.5, 0.6) is 5.75 Å². The minimum absolute atomic E-state index is 0.121. The Morgan fingerprint density at radius 2 is 2.08 bits per heavy atom. The molecule has 6 heteroatoms. The summed E-state index contributed by atoms with van der Waals surface area (Å²) in [6, 6.07) is 8.25. The van der Waals surface area contributed by atoms with Crippen molar-refractivity contribution < 1.29 is 9.47 Å². The third-order valence-electron chi connectivity index (χ3n) is 4.40. The highest BCUT2D eigenvalue weighted by Crippen LogP contribution is 2.25. The fraction of sp³-hybridized carbons (Fsp3) is 0.650. The van der Waals surface area contributed by atoms with Gasteiger partial charge in [-0.15, -0.1) is 0 Å². The van der Waals surface area contributed by atoms with Gasteiger partial charge < -0.3 is 20.5 Å². The van der Waals surface area contributed by atoms with Crippen molar-refractivity contribution in [3.05, 3.63) is 29.8 Å². The number of hydrogen-bond donors (Lipinski definition) is 2. The maximum Gasteiger partial charge on any atom is 0.188 e. The largest absolute Gasteiger partial charge is 0.492 e. The average molecular weight is 363 g/mol. The van der Waals surface area contributed by atoms with Gasteiger partial charge in [-0.05, 0) is 29.5 Å². The van der Waals surface area contributed by atoms with Gasteiger partial charge >= 0.3 is 0 Å². The zero-order valence-corrected chi connectivity index (χ0v) is 16.5. The minimum Gasteiger partial charge on any atom is -0.492 e. The first-order valence-corrected chi connectivity index (χ1v) is 9.52. The Kier molecular flexibility index (Phi) is 8.19. The maximum absolute atomic E-state index is 5.90. The van der Waals surface area contributed by atoms with Crippen molar-refractivity contribution in [2.75, 3.05) is 52.5 Å². The lowest BCUT2D eigenvalue weighted by Crippen LogP contribution is -2.37. The van der Waals surface area contributed by atoms with Crippen LogP contribution >= 0.6 is 0 Å². The molecular weight excluding hydrogens is 328 g/mol. The topological polar surface area (TPSA) is 72.1 Å². The van der Waals surface area contributed by atoms with E-state index in [1.54, 1.807) is 0 Å². The van der Waals surface area contributed by atoms with E-state index in [0.717, 1.165) is 51.6 Å². The number of aliphatic imine (C=N–C) groups is 1. The summed E-state index contributed by atoms with van der Waals surface area (Å²) < 4.78 is 11.1. The van der Waals surface area contributed by atoms with E-state index in [-0.39, 0.29) is 5.41 Å². The third kappa shape index (κ3) is 7.62. The molecule has 0 aliphatic carbocycles. The van der Waals surface area contributed by atoms with Crippen LogP contribution < -0.4 is 15.8 Å². The second-order valence-electron chi connectivity index (χ2n) is 7.63. The Labute approximate surface area is 157 Å². The van der Waals surface area contributed by atoms with Crippen LogP contribution in [0, 0.1) is 0 Å². The summed E-state index contributed by atoms with van der Waals surface area (Å²) >= 11 is 0. The Balaban J connectivity index is 1.60. The standard InChI is InChI=1S/C20H34N4O2/c1-20(2,3)17-6-4-7-18(16-17)26-13-9-23-19(21)22-8-5-10-24-11-14-25-15-12-24/h4,6-7,16H,5,8-15H2,1-3H3,(H3,21,22,23). The molecule has 0 radical (unpaired) electrons. The lowest BCUT2D eigenvalue weighted by atomic mass is 9.87. The van der Waals surface area contributed by atoms with Crippen LogP contribution in [0.25, 0.3) is 0 Å². The van der Waals surface area contributed by atoms with Gasteiger partial charge in [0.2, 0.25) is 0 Å². The third-order valence-corrected chi connectivity index (χ3v) is 4.40. The van der Waals surface area contributed by atoms with Crippen molar-refractivity contribution in [1.29, 1.82) is 0 Å². The van der Waals surface area contributed by atoms with Gasteiger partial charge in [0.05, 0.1) is 19.8 Å². The number of rotatable bonds is 8. The predicted octanol–water partition coefficient (Wildman–Crippen LogP) is 1.99. The van der Waals surface area contributed by atoms with Crippen LogP contribution in [-0.4, -0.2) is 63.4 Å². The highest BCUT2D eigenvalue weighted by atomic mass is 16.5. The van der Waals surface area contributed by atoms with Crippen molar-refractivity contribution in [2.45, 2.75) is 32.6 Å². The first kappa shape index (κ1) is 20.5. The molecule has 0 bridgehead atoms. The van der Waals surface area contributed by atoms with Gasteiger partial charge in [-0.2, -0.15) is 0 Å². The van der Waals surface area contributed by atoms with Gasteiger partial charge in [0.15, 0.2) is 5.96 Å². The molecule has 1 heterocycles. The van der Waals surface area contributed by atoms with E-state index in [2.05, 4.69) is 48.1 Å². The SMILES string of the molecule is CC(C)(C)c1cccc(OCCNC(N)=NCCCN2CCOCC2)c1. The highest BCUT2D eigenvalue weighted by molar-refractivity contribution is 5.77. The molecule has 0 saturated carbocycles. The minimum atomic E-state index is 0.121. The first-order chi connectivity index (χ1) is 12.4. The van der Waals surface area contributed by atoms with E-state index in [9.17, 15) is 0 Å². The summed E-state index contributed by atoms with van der Waals surface area (Å²) in [5.74, 6) is 1.37. The molecule has 0 atom stereocenters. The van der Waals surface area contributed by atoms with Crippen molar-refractivity contribution in [3.8, 4) is 5.75 Å². The van der Waals surface area contributed by atoms with Crippen molar-refractivity contribution in [2.24, 2.45) is 10.7 Å². The van der Waals surface area contributed by atoms with Crippen molar-refractivity contribution in [3.63, 3.8) is 0 Å². The first-order valence-electron chi connectivity index (χ1n) is 9.52. The van der Waals surface area contributed by atoms with E-state index in [1.807, 2.05) is 12.1 Å². The molecule has 1 aliphatic heterocycles. The number of hydrogen-bond acceptors (Lipinski definition) is 4. The van der Waals surface area contributed by atoms with Crippen LogP contribution in [0.15, 0.2) is 29.3 Å². The van der Waals surface area contributed by atoms with Gasteiger partial charge in [-0.3, -0.25) is 9.89 Å². The van der Waals surface area contributed by atoms with E-state index in [4.69, 9.17) is 15.2 Å². The van der Waals surface area contributed by atoms with Crippen LogP contribution in [-0.2, 0) is 10.2 Å². The number of morpholine rings is 1. The summed E-state index contributed by atoms with van der Waals surface area (Å²) in [4.78, 5) is 6.77. The summed E-state index contributed by atoms with van der Waals surface area (Å²) in [6.45, 7) is 13.3. The molecule has 146 valence electrons. The van der Waals surface area contributed by atoms with Gasteiger partial charge in [-0.25, -0.2) is 0 Å². The Morgan fingerprint density at radius 1 is 1.31 bits per heavy atom. The van der Waals surface area contributed by atoms with Gasteiger partial charge in [0.25, 0.3) is 0 Å². The number of nitrogens with one attached hydrogen (secondary N) is 1. The van der Waals surface area contributed by atoms with E-state index >= 15 is 0 Å². The van der Waals surface area contributed by atoms with Gasteiger partial charge in [0, 0.05) is 26.2 Å². The molecule has 1 saturated heterocycles. The number of ether oxygens (including phenoxy) is 2. The summed E-state index contributed by atoms with van der Waals surface area (Å²) in [5.41, 5.74) is 7.29. The van der Waals surface area contributed by atoms with Crippen molar-refractivity contribution in [1.82, 2.24) is 10.2 Å². The fourth-order valence-corrected chi connectivity index (χ4v) is 2.77. The van der Waals surface area contributed by atoms with Crippen LogP contribution in [0.2, 0.25) is 0 Å². The Bertz CT molecular complexity index is 563. The molecule has 2 rings (SSSR count). The average Bonchev–Trinajstić information content (AvgIpc) is 2.63. The van der Waals surface area contributed by atoms with E-state index in [0.29, 0.717) is 19.1 Å². The highest BCUT2D eigenvalue weighted by Gasteiger charge is 2.13. The lowest BCUT2D eigenvalue weighted by Gasteiger charge is -2.26. The van der Waals surface area contributed by atoms with Gasteiger partial charge in [0.1, 0.15) is 12.4 Å². The second kappa shape index (κ2) is 10.4. The monoisotopic (exact) mass is 362 g/mol. The number of guanidine groups is 1.